The van der Waals surface area contributed by atoms with Crippen molar-refractivity contribution in [3.8, 4) is 0 Å². The van der Waals surface area contributed by atoms with E-state index in [4.69, 9.17) is 29.8 Å². The van der Waals surface area contributed by atoms with Crippen LogP contribution >= 0.6 is 23.2 Å². The van der Waals surface area contributed by atoms with Crippen LogP contribution in [0, 0.1) is 20.4 Å². The predicted octanol–water partition coefficient (Wildman–Crippen LogP) is 4.10. The van der Waals surface area contributed by atoms with E-state index < -0.39 is 6.03 Å². The Labute approximate surface area is 142 Å². The van der Waals surface area contributed by atoms with Crippen molar-refractivity contribution in [3.63, 3.8) is 0 Å². The van der Waals surface area contributed by atoms with Gasteiger partial charge in [0.1, 0.15) is 5.02 Å². The van der Waals surface area contributed by atoms with Gasteiger partial charge in [0.05, 0.1) is 0 Å². The molecule has 0 saturated heterocycles. The van der Waals surface area contributed by atoms with E-state index in [0.717, 1.165) is 11.1 Å². The maximum Gasteiger partial charge on any atom is 0.337 e. The Morgan fingerprint density at radius 1 is 1.26 bits per heavy atom. The average molecular weight is 351 g/mol. The summed E-state index contributed by atoms with van der Waals surface area (Å²) in [4.78, 5) is 22.5. The van der Waals surface area contributed by atoms with E-state index in [1.165, 1.54) is 0 Å². The number of anilines is 2. The molecule has 0 saturated carbocycles. The lowest BCUT2D eigenvalue weighted by atomic mass is 10.1. The summed E-state index contributed by atoms with van der Waals surface area (Å²) in [6, 6.07) is 5.18. The fourth-order valence-electron chi connectivity index (χ4n) is 1.71. The van der Waals surface area contributed by atoms with Gasteiger partial charge in [0.15, 0.2) is 5.82 Å². The highest BCUT2D eigenvalue weighted by molar-refractivity contribution is 6.36. The van der Waals surface area contributed by atoms with Crippen LogP contribution in [0.1, 0.15) is 11.1 Å². The van der Waals surface area contributed by atoms with Gasteiger partial charge in [-0.3, -0.25) is 10.9 Å². The molecule has 0 aliphatic carbocycles. The molecule has 0 aliphatic heterocycles. The minimum atomic E-state index is -0.520. The van der Waals surface area contributed by atoms with Gasteiger partial charge >= 0.3 is 11.3 Å². The van der Waals surface area contributed by atoms with Crippen molar-refractivity contribution in [1.29, 1.82) is 0 Å². The summed E-state index contributed by atoms with van der Waals surface area (Å²) in [5, 5.41) is 2.51. The lowest BCUT2D eigenvalue weighted by molar-refractivity contribution is 0.254. The lowest BCUT2D eigenvalue weighted by Gasteiger charge is -2.12. The molecule has 0 spiro atoms. The molecule has 7 nitrogen and oxygen atoms in total. The number of hydrogen-bond acceptors (Lipinski definition) is 4. The van der Waals surface area contributed by atoms with Crippen LogP contribution in [0.5, 0.6) is 0 Å². The first kappa shape index (κ1) is 16.8. The van der Waals surface area contributed by atoms with Crippen LogP contribution in [0.2, 0.25) is 10.3 Å². The van der Waals surface area contributed by atoms with Gasteiger partial charge in [-0.15, -0.1) is 0 Å². The number of nitrogens with zero attached hydrogens (tertiary/aromatic N) is 3. The molecule has 2 rings (SSSR count). The molecule has 1 aromatic carbocycles. The van der Waals surface area contributed by atoms with E-state index in [2.05, 4.69) is 31.0 Å². The van der Waals surface area contributed by atoms with E-state index >= 15 is 0 Å². The van der Waals surface area contributed by atoms with Crippen molar-refractivity contribution in [2.24, 2.45) is 0 Å². The van der Waals surface area contributed by atoms with Crippen molar-refractivity contribution in [3.05, 3.63) is 51.0 Å². The molecule has 0 fully saturated rings. The third-order valence-electron chi connectivity index (χ3n) is 2.85. The number of hydrogen-bond donors (Lipinski definition) is 3. The van der Waals surface area contributed by atoms with Gasteiger partial charge < -0.3 is 10.2 Å². The highest BCUT2D eigenvalue weighted by atomic mass is 35.5. The first-order chi connectivity index (χ1) is 10.9. The molecule has 0 unspecified atom stereocenters. The number of carbonyl (C=O) groups is 1. The number of amides is 2. The number of urea groups is 1. The largest absolute Gasteiger partial charge is 0.359 e. The van der Waals surface area contributed by atoms with Crippen LogP contribution in [0.4, 0.5) is 22.1 Å². The molecule has 2 aromatic rings. The fourth-order valence-corrected chi connectivity index (χ4v) is 2.04. The topological polar surface area (TPSA) is 83.3 Å². The summed E-state index contributed by atoms with van der Waals surface area (Å²) in [5.41, 5.74) is 7.51. The lowest BCUT2D eigenvalue weighted by Crippen LogP contribution is -2.34. The number of aromatic nitrogens is 2. The van der Waals surface area contributed by atoms with Gasteiger partial charge in [-0.25, -0.2) is 4.79 Å². The Morgan fingerprint density at radius 3 is 2.70 bits per heavy atom. The van der Waals surface area contributed by atoms with Gasteiger partial charge in [-0.1, -0.05) is 35.3 Å². The highest BCUT2D eigenvalue weighted by Crippen LogP contribution is 2.29. The average Bonchev–Trinajstić information content (AvgIpc) is 2.51. The number of benzene rings is 1. The summed E-state index contributed by atoms with van der Waals surface area (Å²) in [7, 11) is 0. The smallest absolute Gasteiger partial charge is 0.337 e. The van der Waals surface area contributed by atoms with Gasteiger partial charge in [0.2, 0.25) is 0 Å². The quantitative estimate of drug-likeness (QED) is 0.442. The van der Waals surface area contributed by atoms with Gasteiger partial charge in [0.25, 0.3) is 5.82 Å². The minimum absolute atomic E-state index is 0.0311. The summed E-state index contributed by atoms with van der Waals surface area (Å²) in [6.45, 7) is 10.8. The van der Waals surface area contributed by atoms with E-state index in [-0.39, 0.29) is 21.9 Å². The van der Waals surface area contributed by atoms with Crippen LogP contribution in [0.3, 0.4) is 0 Å². The molecule has 0 atom stereocenters. The molecule has 2 amide bonds. The van der Waals surface area contributed by atoms with Crippen LogP contribution in [0.25, 0.3) is 4.85 Å². The number of rotatable bonds is 3. The second-order valence-electron chi connectivity index (χ2n) is 4.61. The van der Waals surface area contributed by atoms with Gasteiger partial charge in [-0.05, 0) is 42.6 Å². The van der Waals surface area contributed by atoms with Crippen molar-refractivity contribution in [2.75, 3.05) is 10.7 Å². The predicted molar refractivity (Wildman–Crippen MR) is 90.0 cm³/mol. The standard InChI is InChI=1S/C14H12Cl2N6O/c1-7-4-5-8(2)9(6-7)18-14(23)22-21-12-10(15)11(17-3)19-13(16)20-12/h4-6H,1-2H3,(H2,18,22,23)(H,19,20,21). The normalized spacial score (nSPS) is 9.87. The molecule has 0 radical (unpaired) electrons. The zero-order chi connectivity index (χ0) is 17.0. The molecule has 0 aliphatic rings. The maximum absolute atomic E-state index is 11.9. The molecule has 118 valence electrons. The van der Waals surface area contributed by atoms with Crippen molar-refractivity contribution in [1.82, 2.24) is 15.4 Å². The Hall–Kier alpha value is -2.56. The molecule has 9 heteroatoms. The van der Waals surface area contributed by atoms with Crippen LogP contribution in [-0.2, 0) is 0 Å². The summed E-state index contributed by atoms with van der Waals surface area (Å²) >= 11 is 11.6. The fraction of sp³-hybridized carbons (Fsp3) is 0.143. The second kappa shape index (κ2) is 7.13. The third-order valence-corrected chi connectivity index (χ3v) is 3.37. The Morgan fingerprint density at radius 2 is 2.00 bits per heavy atom. The van der Waals surface area contributed by atoms with Gasteiger partial charge in [-0.2, -0.15) is 4.98 Å². The molecule has 0 bridgehead atoms. The van der Waals surface area contributed by atoms with Crippen molar-refractivity contribution < 1.29 is 4.79 Å². The highest BCUT2D eigenvalue weighted by Gasteiger charge is 2.14. The molecule has 3 N–H and O–H groups in total. The molecular formula is C14H12Cl2N6O. The van der Waals surface area contributed by atoms with Crippen molar-refractivity contribution in [2.45, 2.75) is 13.8 Å². The number of halogens is 2. The zero-order valence-corrected chi connectivity index (χ0v) is 13.7. The van der Waals surface area contributed by atoms with Crippen molar-refractivity contribution >= 4 is 46.6 Å². The van der Waals surface area contributed by atoms with E-state index in [1.807, 2.05) is 32.0 Å². The maximum atomic E-state index is 11.9. The monoisotopic (exact) mass is 350 g/mol. The Bertz CT molecular complexity index is 803. The molecule has 23 heavy (non-hydrogen) atoms. The molecule has 1 heterocycles. The number of aryl methyl sites for hydroxylation is 2. The molecular weight excluding hydrogens is 339 g/mol. The number of nitrogens with one attached hydrogen (secondary N) is 3. The number of hydrazine groups is 1. The van der Waals surface area contributed by atoms with E-state index in [1.54, 1.807) is 0 Å². The summed E-state index contributed by atoms with van der Waals surface area (Å²) < 4.78 is 0. The van der Waals surface area contributed by atoms with Crippen LogP contribution in [-0.4, -0.2) is 16.0 Å². The first-order valence-corrected chi connectivity index (χ1v) is 7.17. The SMILES string of the molecule is [C-]#[N+]c1nc(Cl)nc(NNC(=O)Nc2cc(C)ccc2C)c1Cl. The third kappa shape index (κ3) is 4.22. The van der Waals surface area contributed by atoms with E-state index in [9.17, 15) is 4.79 Å². The number of carbonyl (C=O) groups excluding carboxylic acids is 1. The van der Waals surface area contributed by atoms with Gasteiger partial charge in [0, 0.05) is 5.69 Å². The Balaban J connectivity index is 2.07. The van der Waals surface area contributed by atoms with Crippen LogP contribution < -0.4 is 16.2 Å². The zero-order valence-electron chi connectivity index (χ0n) is 12.2. The summed E-state index contributed by atoms with van der Waals surface area (Å²) in [5.74, 6) is -0.0697. The second-order valence-corrected chi connectivity index (χ2v) is 5.33. The molecule has 1 aromatic heterocycles. The Kier molecular flexibility index (Phi) is 5.21. The first-order valence-electron chi connectivity index (χ1n) is 6.41. The minimum Gasteiger partial charge on any atom is -0.359 e. The van der Waals surface area contributed by atoms with E-state index in [0.29, 0.717) is 5.69 Å². The van der Waals surface area contributed by atoms with Crippen LogP contribution in [0.15, 0.2) is 18.2 Å². The summed E-state index contributed by atoms with van der Waals surface area (Å²) in [6.07, 6.45) is 0.